The highest BCUT2D eigenvalue weighted by molar-refractivity contribution is 5.30. The molecule has 0 aliphatic heterocycles. The standard InChI is InChI=1S/C15H24/c1-10-7-8-15-11(2)5-6-12(9-13(10)15)14(15,3)4/h5,10,12-13H,6-9H2,1-4H3/t10-,12-,13+,15-/m0/s1. The Bertz CT molecular complexity index is 323. The zero-order chi connectivity index (χ0) is 10.8. The summed E-state index contributed by atoms with van der Waals surface area (Å²) in [5, 5.41) is 0. The Hall–Kier alpha value is -0.260. The lowest BCUT2D eigenvalue weighted by atomic mass is 9.56. The minimum absolute atomic E-state index is 0.571. The fourth-order valence-corrected chi connectivity index (χ4v) is 5.42. The van der Waals surface area contributed by atoms with Crippen molar-refractivity contribution >= 4 is 0 Å². The van der Waals surface area contributed by atoms with Crippen molar-refractivity contribution in [2.45, 2.75) is 53.4 Å². The van der Waals surface area contributed by atoms with Gasteiger partial charge in [0.2, 0.25) is 0 Å². The summed E-state index contributed by atoms with van der Waals surface area (Å²) in [6.45, 7) is 10.00. The van der Waals surface area contributed by atoms with Crippen LogP contribution in [-0.4, -0.2) is 0 Å². The van der Waals surface area contributed by atoms with E-state index in [9.17, 15) is 0 Å². The molecule has 0 aromatic carbocycles. The molecule has 1 spiro atoms. The fourth-order valence-electron chi connectivity index (χ4n) is 5.42. The molecule has 3 aliphatic carbocycles. The maximum atomic E-state index is 2.56. The highest BCUT2D eigenvalue weighted by atomic mass is 14.7. The molecule has 0 heterocycles. The molecule has 2 fully saturated rings. The van der Waals surface area contributed by atoms with Gasteiger partial charge in [0.15, 0.2) is 0 Å². The second-order valence-corrected chi connectivity index (χ2v) is 6.87. The maximum absolute atomic E-state index is 2.56. The van der Waals surface area contributed by atoms with E-state index >= 15 is 0 Å². The Morgan fingerprint density at radius 1 is 1.33 bits per heavy atom. The smallest absolute Gasteiger partial charge is 0.000604 e. The van der Waals surface area contributed by atoms with E-state index in [4.69, 9.17) is 0 Å². The molecule has 3 rings (SSSR count). The van der Waals surface area contributed by atoms with Crippen molar-refractivity contribution in [3.05, 3.63) is 11.6 Å². The molecule has 84 valence electrons. The van der Waals surface area contributed by atoms with Crippen LogP contribution in [0.3, 0.4) is 0 Å². The lowest BCUT2D eigenvalue weighted by Gasteiger charge is -2.48. The summed E-state index contributed by atoms with van der Waals surface area (Å²) in [4.78, 5) is 0. The van der Waals surface area contributed by atoms with Crippen molar-refractivity contribution in [2.75, 3.05) is 0 Å². The van der Waals surface area contributed by atoms with Crippen LogP contribution in [0.2, 0.25) is 0 Å². The molecule has 0 amide bonds. The molecule has 0 aromatic heterocycles. The predicted molar refractivity (Wildman–Crippen MR) is 64.6 cm³/mol. The first-order valence-electron chi connectivity index (χ1n) is 6.67. The molecule has 0 radical (unpaired) electrons. The average Bonchev–Trinajstić information content (AvgIpc) is 2.53. The molecule has 4 atom stereocenters. The van der Waals surface area contributed by atoms with Gasteiger partial charge in [0.25, 0.3) is 0 Å². The third-order valence-corrected chi connectivity index (χ3v) is 6.43. The van der Waals surface area contributed by atoms with Crippen molar-refractivity contribution in [1.82, 2.24) is 0 Å². The molecule has 15 heavy (non-hydrogen) atoms. The summed E-state index contributed by atoms with van der Waals surface area (Å²) in [7, 11) is 0. The predicted octanol–water partition coefficient (Wildman–Crippen LogP) is 4.42. The Kier molecular flexibility index (Phi) is 1.79. The molecule has 0 nitrogen and oxygen atoms in total. The molecule has 0 aromatic rings. The largest absolute Gasteiger partial charge is 0.0847 e. The van der Waals surface area contributed by atoms with E-state index in [0.717, 1.165) is 17.8 Å². The van der Waals surface area contributed by atoms with E-state index in [1.807, 2.05) is 0 Å². The van der Waals surface area contributed by atoms with Crippen LogP contribution in [0.5, 0.6) is 0 Å². The van der Waals surface area contributed by atoms with Crippen LogP contribution in [0, 0.1) is 28.6 Å². The van der Waals surface area contributed by atoms with Crippen LogP contribution in [-0.2, 0) is 0 Å². The van der Waals surface area contributed by atoms with Crippen LogP contribution >= 0.6 is 0 Å². The van der Waals surface area contributed by atoms with Gasteiger partial charge in [-0.15, -0.1) is 0 Å². The quantitative estimate of drug-likeness (QED) is 0.513. The number of rotatable bonds is 0. The molecule has 3 aliphatic rings. The number of hydrogen-bond donors (Lipinski definition) is 0. The van der Waals surface area contributed by atoms with Crippen molar-refractivity contribution < 1.29 is 0 Å². The Morgan fingerprint density at radius 2 is 2.07 bits per heavy atom. The molecular weight excluding hydrogens is 180 g/mol. The molecule has 0 unspecified atom stereocenters. The maximum Gasteiger partial charge on any atom is -0.000604 e. The normalized spacial score (nSPS) is 51.5. The van der Waals surface area contributed by atoms with Gasteiger partial charge in [-0.25, -0.2) is 0 Å². The molecule has 2 saturated carbocycles. The molecule has 0 saturated heterocycles. The summed E-state index contributed by atoms with van der Waals surface area (Å²) >= 11 is 0. The summed E-state index contributed by atoms with van der Waals surface area (Å²) in [6, 6.07) is 0. The van der Waals surface area contributed by atoms with Gasteiger partial charge < -0.3 is 0 Å². The van der Waals surface area contributed by atoms with E-state index in [1.54, 1.807) is 5.57 Å². The number of hydrogen-bond acceptors (Lipinski definition) is 0. The second kappa shape index (κ2) is 2.70. The van der Waals surface area contributed by atoms with E-state index in [-0.39, 0.29) is 0 Å². The topological polar surface area (TPSA) is 0 Å². The Morgan fingerprint density at radius 3 is 2.80 bits per heavy atom. The highest BCUT2D eigenvalue weighted by Gasteiger charge is 2.64. The summed E-state index contributed by atoms with van der Waals surface area (Å²) in [6.07, 6.45) is 8.34. The van der Waals surface area contributed by atoms with Crippen molar-refractivity contribution in [2.24, 2.45) is 28.6 Å². The van der Waals surface area contributed by atoms with Gasteiger partial charge in [-0.3, -0.25) is 0 Å². The van der Waals surface area contributed by atoms with Gasteiger partial charge >= 0.3 is 0 Å². The van der Waals surface area contributed by atoms with Gasteiger partial charge in [-0.1, -0.05) is 32.4 Å². The zero-order valence-electron chi connectivity index (χ0n) is 10.6. The van der Waals surface area contributed by atoms with Crippen molar-refractivity contribution in [3.8, 4) is 0 Å². The van der Waals surface area contributed by atoms with Gasteiger partial charge in [0.1, 0.15) is 0 Å². The minimum Gasteiger partial charge on any atom is -0.0847 e. The fraction of sp³-hybridized carbons (Fsp3) is 0.867. The molecule has 0 heteroatoms. The second-order valence-electron chi connectivity index (χ2n) is 6.87. The molecule has 0 N–H and O–H groups in total. The summed E-state index contributed by atoms with van der Waals surface area (Å²) in [5.74, 6) is 2.93. The Labute approximate surface area is 94.1 Å². The SMILES string of the molecule is CC1=CC[C@H]2C[C@@H]3[C@@H](C)CC[C@]13C2(C)C. The molecular formula is C15H24. The third-order valence-electron chi connectivity index (χ3n) is 6.43. The first-order chi connectivity index (χ1) is 7.00. The van der Waals surface area contributed by atoms with E-state index in [1.165, 1.54) is 25.7 Å². The van der Waals surface area contributed by atoms with Gasteiger partial charge in [0.05, 0.1) is 0 Å². The number of allylic oxidation sites excluding steroid dienone is 2. The van der Waals surface area contributed by atoms with Gasteiger partial charge in [-0.05, 0) is 61.2 Å². The van der Waals surface area contributed by atoms with Crippen molar-refractivity contribution in [1.29, 1.82) is 0 Å². The third kappa shape index (κ3) is 0.905. The minimum atomic E-state index is 0.571. The Balaban J connectivity index is 2.17. The van der Waals surface area contributed by atoms with Crippen LogP contribution in [0.15, 0.2) is 11.6 Å². The lowest BCUT2D eigenvalue weighted by Crippen LogP contribution is -2.41. The van der Waals surface area contributed by atoms with E-state index in [2.05, 4.69) is 33.8 Å². The van der Waals surface area contributed by atoms with E-state index in [0.29, 0.717) is 10.8 Å². The van der Waals surface area contributed by atoms with Crippen molar-refractivity contribution in [3.63, 3.8) is 0 Å². The number of fused-ring (bicyclic) bond motifs is 1. The first kappa shape index (κ1) is 9.93. The van der Waals surface area contributed by atoms with E-state index < -0.39 is 0 Å². The zero-order valence-corrected chi connectivity index (χ0v) is 10.6. The van der Waals surface area contributed by atoms with Gasteiger partial charge in [-0.2, -0.15) is 0 Å². The molecule has 2 bridgehead atoms. The van der Waals surface area contributed by atoms with Gasteiger partial charge in [0, 0.05) is 0 Å². The summed E-state index contributed by atoms with van der Waals surface area (Å²) in [5.41, 5.74) is 2.90. The lowest BCUT2D eigenvalue weighted by molar-refractivity contribution is 0.0786. The first-order valence-corrected chi connectivity index (χ1v) is 6.67. The monoisotopic (exact) mass is 204 g/mol. The van der Waals surface area contributed by atoms with Crippen LogP contribution in [0.25, 0.3) is 0 Å². The highest BCUT2D eigenvalue weighted by Crippen LogP contribution is 2.72. The average molecular weight is 204 g/mol. The summed E-state index contributed by atoms with van der Waals surface area (Å²) < 4.78 is 0. The van der Waals surface area contributed by atoms with Crippen LogP contribution < -0.4 is 0 Å². The van der Waals surface area contributed by atoms with Crippen LogP contribution in [0.4, 0.5) is 0 Å². The van der Waals surface area contributed by atoms with Crippen LogP contribution in [0.1, 0.15) is 53.4 Å².